The molecule has 11 heteroatoms. The van der Waals surface area contributed by atoms with Crippen molar-refractivity contribution in [3.8, 4) is 0 Å². The quantitative estimate of drug-likeness (QED) is 0.579. The van der Waals surface area contributed by atoms with Crippen LogP contribution in [0.25, 0.3) is 0 Å². The summed E-state index contributed by atoms with van der Waals surface area (Å²) in [6.07, 6.45) is 1.13. The van der Waals surface area contributed by atoms with E-state index in [0.29, 0.717) is 37.1 Å². The molecule has 2 bridgehead atoms. The van der Waals surface area contributed by atoms with E-state index in [2.05, 4.69) is 15.2 Å². The molecular weight excluding hydrogens is 483 g/mol. The normalized spacial score (nSPS) is 24.4. The molecule has 36 heavy (non-hydrogen) atoms. The molecule has 1 aromatic carbocycles. The Bertz CT molecular complexity index is 1150. The lowest BCUT2D eigenvalue weighted by molar-refractivity contribution is -0.124. The van der Waals surface area contributed by atoms with E-state index < -0.39 is 35.7 Å². The zero-order valence-electron chi connectivity index (χ0n) is 19.2. The molecule has 192 valence electrons. The lowest BCUT2D eigenvalue weighted by atomic mass is 9.92. The average Bonchev–Trinajstić information content (AvgIpc) is 3.60. The van der Waals surface area contributed by atoms with Gasteiger partial charge in [0.25, 0.3) is 5.91 Å². The molecule has 6 nitrogen and oxygen atoms in total. The van der Waals surface area contributed by atoms with E-state index in [1.165, 1.54) is 18.3 Å². The molecule has 3 aliphatic rings. The highest BCUT2D eigenvalue weighted by molar-refractivity contribution is 5.94. The lowest BCUT2D eigenvalue weighted by Crippen LogP contribution is -2.52. The Labute approximate surface area is 204 Å². The third-order valence-corrected chi connectivity index (χ3v) is 7.45. The summed E-state index contributed by atoms with van der Waals surface area (Å²) < 4.78 is 64.1. The minimum atomic E-state index is -4.49. The maximum Gasteiger partial charge on any atom is 0.405 e. The van der Waals surface area contributed by atoms with E-state index in [1.54, 1.807) is 6.07 Å². The predicted octanol–water partition coefficient (Wildman–Crippen LogP) is 4.00. The fourth-order valence-electron chi connectivity index (χ4n) is 5.51. The number of piperidine rings is 1. The predicted molar refractivity (Wildman–Crippen MR) is 120 cm³/mol. The number of carbonyl (C=O) groups excluding carboxylic acids is 2. The van der Waals surface area contributed by atoms with Crippen molar-refractivity contribution in [3.63, 3.8) is 0 Å². The molecule has 1 aromatic heterocycles. The van der Waals surface area contributed by atoms with Crippen LogP contribution in [0.1, 0.15) is 54.4 Å². The van der Waals surface area contributed by atoms with Crippen LogP contribution in [0.15, 0.2) is 36.5 Å². The molecule has 1 saturated carbocycles. The Morgan fingerprint density at radius 1 is 1.03 bits per heavy atom. The summed E-state index contributed by atoms with van der Waals surface area (Å²) in [5, 5.41) is 4.96. The first kappa shape index (κ1) is 24.5. The Morgan fingerprint density at radius 3 is 2.28 bits per heavy atom. The highest BCUT2D eigenvalue weighted by atomic mass is 19.4. The average molecular weight is 508 g/mol. The first-order valence-corrected chi connectivity index (χ1v) is 11.9. The van der Waals surface area contributed by atoms with E-state index in [0.717, 1.165) is 25.0 Å². The standard InChI is InChI=1S/C25H25F5N4O2/c26-19-5-2-15(9-20(19)27)24(7-8-24)23(36)33-16-10-17-3-4-18(11-16)34(17)21-6-1-14(12-31-21)22(35)32-13-25(28,29)30/h1-2,5-6,9,12,16-18H,3-4,7-8,10-11,13H2,(H,32,35)(H,33,36)/t16?,17-,18+. The number of fused-ring (bicyclic) bond motifs is 2. The van der Waals surface area contributed by atoms with E-state index >= 15 is 0 Å². The van der Waals surface area contributed by atoms with Crippen LogP contribution < -0.4 is 15.5 Å². The number of pyridine rings is 1. The third kappa shape index (κ3) is 4.75. The van der Waals surface area contributed by atoms with Gasteiger partial charge in [-0.1, -0.05) is 6.07 Å². The Balaban J connectivity index is 1.21. The molecule has 3 atom stereocenters. The van der Waals surface area contributed by atoms with Gasteiger partial charge in [-0.05, 0) is 68.4 Å². The number of anilines is 1. The van der Waals surface area contributed by atoms with E-state index in [1.807, 2.05) is 5.32 Å². The number of nitrogens with zero attached hydrogens (tertiary/aromatic N) is 2. The molecule has 0 radical (unpaired) electrons. The largest absolute Gasteiger partial charge is 0.405 e. The van der Waals surface area contributed by atoms with Gasteiger partial charge in [0.1, 0.15) is 12.4 Å². The fourth-order valence-corrected chi connectivity index (χ4v) is 5.51. The molecular formula is C25H25F5N4O2. The van der Waals surface area contributed by atoms with Gasteiger partial charge in [-0.15, -0.1) is 0 Å². The number of aromatic nitrogens is 1. The Hall–Kier alpha value is -3.24. The highest BCUT2D eigenvalue weighted by Crippen LogP contribution is 2.49. The smallest absolute Gasteiger partial charge is 0.352 e. The van der Waals surface area contributed by atoms with E-state index in [-0.39, 0.29) is 29.6 Å². The topological polar surface area (TPSA) is 74.3 Å². The van der Waals surface area contributed by atoms with Gasteiger partial charge in [0.05, 0.1) is 11.0 Å². The summed E-state index contributed by atoms with van der Waals surface area (Å²) in [6.45, 7) is -1.41. The maximum atomic E-state index is 13.7. The van der Waals surface area contributed by atoms with Crippen molar-refractivity contribution < 1.29 is 31.5 Å². The molecule has 2 N–H and O–H groups in total. The van der Waals surface area contributed by atoms with Crippen molar-refractivity contribution in [3.05, 3.63) is 59.3 Å². The molecule has 1 aliphatic carbocycles. The number of hydrogen-bond donors (Lipinski definition) is 2. The molecule has 3 heterocycles. The fraction of sp³-hybridized carbons (Fsp3) is 0.480. The number of nitrogens with one attached hydrogen (secondary N) is 2. The molecule has 2 aromatic rings. The first-order chi connectivity index (χ1) is 17.1. The van der Waals surface area contributed by atoms with E-state index in [9.17, 15) is 31.5 Å². The van der Waals surface area contributed by atoms with Crippen molar-refractivity contribution in [2.75, 3.05) is 11.4 Å². The van der Waals surface area contributed by atoms with Gasteiger partial charge in [0.2, 0.25) is 5.91 Å². The maximum absolute atomic E-state index is 13.7. The zero-order chi connectivity index (χ0) is 25.7. The van der Waals surface area contributed by atoms with Crippen LogP contribution >= 0.6 is 0 Å². The summed E-state index contributed by atoms with van der Waals surface area (Å²) in [7, 11) is 0. The second kappa shape index (κ2) is 9.01. The molecule has 2 aliphatic heterocycles. The van der Waals surface area contributed by atoms with Crippen LogP contribution in [0.3, 0.4) is 0 Å². The van der Waals surface area contributed by atoms with Crippen LogP contribution in [-0.2, 0) is 10.2 Å². The summed E-state index contributed by atoms with van der Waals surface area (Å²) in [6, 6.07) is 6.88. The summed E-state index contributed by atoms with van der Waals surface area (Å²) >= 11 is 0. The van der Waals surface area contributed by atoms with Gasteiger partial charge in [0, 0.05) is 24.3 Å². The zero-order valence-corrected chi connectivity index (χ0v) is 19.2. The second-order valence-corrected chi connectivity index (χ2v) is 9.85. The van der Waals surface area contributed by atoms with Crippen LogP contribution in [0.2, 0.25) is 0 Å². The van der Waals surface area contributed by atoms with Gasteiger partial charge < -0.3 is 15.5 Å². The molecule has 2 amide bonds. The monoisotopic (exact) mass is 508 g/mol. The first-order valence-electron chi connectivity index (χ1n) is 11.9. The van der Waals surface area contributed by atoms with Crippen LogP contribution in [0.4, 0.5) is 27.8 Å². The van der Waals surface area contributed by atoms with E-state index in [4.69, 9.17) is 0 Å². The summed E-state index contributed by atoms with van der Waals surface area (Å²) in [5.41, 5.74) is -0.276. The second-order valence-electron chi connectivity index (χ2n) is 9.85. The van der Waals surface area contributed by atoms with Crippen LogP contribution in [0, 0.1) is 11.6 Å². The van der Waals surface area contributed by atoms with Crippen molar-refractivity contribution >= 4 is 17.6 Å². The number of amides is 2. The number of rotatable bonds is 6. The SMILES string of the molecule is O=C(NCC(F)(F)F)c1ccc(N2[C@@H]3CC[C@H]2CC(NC(=O)C2(c4ccc(F)c(F)c4)CC2)C3)nc1. The number of carbonyl (C=O) groups is 2. The van der Waals surface area contributed by atoms with Gasteiger partial charge in [-0.25, -0.2) is 13.8 Å². The Morgan fingerprint density at radius 2 is 1.72 bits per heavy atom. The minimum Gasteiger partial charge on any atom is -0.352 e. The van der Waals surface area contributed by atoms with Crippen LogP contribution in [-0.4, -0.2) is 47.6 Å². The molecule has 3 fully saturated rings. The van der Waals surface area contributed by atoms with Gasteiger partial charge >= 0.3 is 6.18 Å². The molecule has 2 saturated heterocycles. The van der Waals surface area contributed by atoms with Gasteiger partial charge in [-0.2, -0.15) is 13.2 Å². The van der Waals surface area contributed by atoms with Crippen molar-refractivity contribution in [2.24, 2.45) is 0 Å². The lowest BCUT2D eigenvalue weighted by Gasteiger charge is -2.40. The number of benzene rings is 1. The van der Waals surface area contributed by atoms with Crippen molar-refractivity contribution in [2.45, 2.75) is 68.2 Å². The molecule has 5 rings (SSSR count). The third-order valence-electron chi connectivity index (χ3n) is 7.45. The van der Waals surface area contributed by atoms with Gasteiger partial charge in [-0.3, -0.25) is 9.59 Å². The van der Waals surface area contributed by atoms with Crippen molar-refractivity contribution in [1.29, 1.82) is 0 Å². The number of halogens is 5. The summed E-state index contributed by atoms with van der Waals surface area (Å²) in [4.78, 5) is 31.6. The highest BCUT2D eigenvalue weighted by Gasteiger charge is 2.52. The van der Waals surface area contributed by atoms with Gasteiger partial charge in [0.15, 0.2) is 11.6 Å². The molecule has 1 unspecified atom stereocenters. The van der Waals surface area contributed by atoms with Crippen LogP contribution in [0.5, 0.6) is 0 Å². The number of alkyl halides is 3. The minimum absolute atomic E-state index is 0.0458. The van der Waals surface area contributed by atoms with Crippen molar-refractivity contribution in [1.82, 2.24) is 15.6 Å². The number of hydrogen-bond acceptors (Lipinski definition) is 4. The summed E-state index contributed by atoms with van der Waals surface area (Å²) in [5.74, 6) is -2.28. The molecule has 0 spiro atoms. The Kier molecular flexibility index (Phi) is 6.12.